The van der Waals surface area contributed by atoms with E-state index in [1.54, 1.807) is 21.3 Å². The molecule has 26 heavy (non-hydrogen) atoms. The van der Waals surface area contributed by atoms with Crippen molar-refractivity contribution in [3.63, 3.8) is 0 Å². The van der Waals surface area contributed by atoms with E-state index in [4.69, 9.17) is 14.2 Å². The molecule has 2 N–H and O–H groups in total. The molecule has 0 spiro atoms. The van der Waals surface area contributed by atoms with Crippen LogP contribution in [0.15, 0.2) is 47.5 Å². The molecular weight excluding hydrogens is 330 g/mol. The third-order valence-electron chi connectivity index (χ3n) is 3.79. The summed E-state index contributed by atoms with van der Waals surface area (Å²) in [6, 6.07) is 13.8. The van der Waals surface area contributed by atoms with E-state index >= 15 is 0 Å². The molecule has 2 aromatic rings. The van der Waals surface area contributed by atoms with E-state index in [1.165, 1.54) is 5.56 Å². The fourth-order valence-electron chi connectivity index (χ4n) is 2.49. The lowest BCUT2D eigenvalue weighted by atomic mass is 10.1. The summed E-state index contributed by atoms with van der Waals surface area (Å²) in [5.41, 5.74) is 2.08. The third kappa shape index (κ3) is 5.58. The molecule has 0 atom stereocenters. The van der Waals surface area contributed by atoms with Gasteiger partial charge in [-0.05, 0) is 43.2 Å². The minimum absolute atomic E-state index is 0.594. The van der Waals surface area contributed by atoms with E-state index in [0.29, 0.717) is 18.3 Å². The van der Waals surface area contributed by atoms with Crippen LogP contribution < -0.4 is 24.8 Å². The Morgan fingerprint density at radius 1 is 1.04 bits per heavy atom. The van der Waals surface area contributed by atoms with Gasteiger partial charge in [0.25, 0.3) is 0 Å². The highest BCUT2D eigenvalue weighted by atomic mass is 16.5. The number of methoxy groups -OCH3 is 2. The highest BCUT2D eigenvalue weighted by Crippen LogP contribution is 2.30. The van der Waals surface area contributed by atoms with Gasteiger partial charge in [0.15, 0.2) is 17.5 Å². The Balaban J connectivity index is 1.92. The Morgan fingerprint density at radius 2 is 1.88 bits per heavy atom. The number of ether oxygens (including phenoxy) is 3. The molecule has 0 aliphatic rings. The van der Waals surface area contributed by atoms with Crippen LogP contribution in [0.25, 0.3) is 0 Å². The first-order chi connectivity index (χ1) is 12.7. The molecule has 0 unspecified atom stereocenters. The maximum absolute atomic E-state index is 5.54. The molecule has 0 aromatic heterocycles. The van der Waals surface area contributed by atoms with E-state index in [9.17, 15) is 0 Å². The quantitative estimate of drug-likeness (QED) is 0.560. The Labute approximate surface area is 155 Å². The molecule has 2 aromatic carbocycles. The van der Waals surface area contributed by atoms with Crippen LogP contribution in [0.2, 0.25) is 0 Å². The second-order valence-electron chi connectivity index (χ2n) is 5.52. The van der Waals surface area contributed by atoms with Gasteiger partial charge < -0.3 is 24.8 Å². The number of anilines is 1. The number of hydrogen-bond donors (Lipinski definition) is 2. The van der Waals surface area contributed by atoms with E-state index in [0.717, 1.165) is 30.2 Å². The maximum Gasteiger partial charge on any atom is 0.195 e. The Kier molecular flexibility index (Phi) is 7.61. The lowest BCUT2D eigenvalue weighted by molar-refractivity contribution is 0.311. The predicted octanol–water partition coefficient (Wildman–Crippen LogP) is 3.33. The topological polar surface area (TPSA) is 64.1 Å². The van der Waals surface area contributed by atoms with Gasteiger partial charge in [0, 0.05) is 25.3 Å². The Bertz CT molecular complexity index is 732. The smallest absolute Gasteiger partial charge is 0.195 e. The van der Waals surface area contributed by atoms with Crippen LogP contribution in [0.3, 0.4) is 0 Å². The number of guanidine groups is 1. The standard InChI is InChI=1S/C20H27N3O3/c1-5-26-18-10-9-16(14-19(18)25-4)23-20(21-2)22-12-11-15-7-6-8-17(13-15)24-3/h6-10,13-14H,5,11-12H2,1-4H3,(H2,21,22,23). The second kappa shape index (κ2) is 10.2. The lowest BCUT2D eigenvalue weighted by Gasteiger charge is -2.14. The zero-order valence-corrected chi connectivity index (χ0v) is 15.8. The fraction of sp³-hybridized carbons (Fsp3) is 0.350. The van der Waals surface area contributed by atoms with Gasteiger partial charge in [-0.3, -0.25) is 4.99 Å². The van der Waals surface area contributed by atoms with Crippen LogP contribution in [-0.2, 0) is 6.42 Å². The summed E-state index contributed by atoms with van der Waals surface area (Å²) in [5.74, 6) is 2.97. The average molecular weight is 357 g/mol. The number of nitrogens with zero attached hydrogens (tertiary/aromatic N) is 1. The van der Waals surface area contributed by atoms with Crippen molar-refractivity contribution in [3.05, 3.63) is 48.0 Å². The molecule has 140 valence electrons. The molecule has 6 nitrogen and oxygen atoms in total. The summed E-state index contributed by atoms with van der Waals surface area (Å²) in [6.07, 6.45) is 0.866. The molecule has 0 saturated carbocycles. The molecule has 0 bridgehead atoms. The van der Waals surface area contributed by atoms with Crippen molar-refractivity contribution in [3.8, 4) is 17.2 Å². The first-order valence-corrected chi connectivity index (χ1v) is 8.61. The summed E-state index contributed by atoms with van der Waals surface area (Å²) in [6.45, 7) is 3.29. The predicted molar refractivity (Wildman–Crippen MR) is 106 cm³/mol. The normalized spacial score (nSPS) is 11.0. The largest absolute Gasteiger partial charge is 0.497 e. The molecule has 6 heteroatoms. The van der Waals surface area contributed by atoms with Crippen LogP contribution in [0.4, 0.5) is 5.69 Å². The molecule has 0 aliphatic heterocycles. The first-order valence-electron chi connectivity index (χ1n) is 8.61. The highest BCUT2D eigenvalue weighted by molar-refractivity contribution is 5.93. The van der Waals surface area contributed by atoms with Gasteiger partial charge in [0.1, 0.15) is 5.75 Å². The molecule has 0 heterocycles. The van der Waals surface area contributed by atoms with Crippen molar-refractivity contribution in [2.75, 3.05) is 39.7 Å². The number of hydrogen-bond acceptors (Lipinski definition) is 4. The number of benzene rings is 2. The number of nitrogens with one attached hydrogen (secondary N) is 2. The van der Waals surface area contributed by atoms with E-state index in [-0.39, 0.29) is 0 Å². The third-order valence-corrected chi connectivity index (χ3v) is 3.79. The lowest BCUT2D eigenvalue weighted by Crippen LogP contribution is -2.32. The monoisotopic (exact) mass is 357 g/mol. The zero-order chi connectivity index (χ0) is 18.8. The van der Waals surface area contributed by atoms with Crippen molar-refractivity contribution >= 4 is 11.6 Å². The number of aliphatic imine (C=N–C) groups is 1. The number of rotatable bonds is 8. The van der Waals surface area contributed by atoms with Gasteiger partial charge in [-0.1, -0.05) is 12.1 Å². The van der Waals surface area contributed by atoms with Gasteiger partial charge in [-0.2, -0.15) is 0 Å². The van der Waals surface area contributed by atoms with E-state index < -0.39 is 0 Å². The van der Waals surface area contributed by atoms with Crippen molar-refractivity contribution in [1.82, 2.24) is 5.32 Å². The molecule has 0 saturated heterocycles. The van der Waals surface area contributed by atoms with Gasteiger partial charge in [0.2, 0.25) is 0 Å². The summed E-state index contributed by atoms with van der Waals surface area (Å²) in [5, 5.41) is 6.57. The minimum Gasteiger partial charge on any atom is -0.497 e. The van der Waals surface area contributed by atoms with Gasteiger partial charge >= 0.3 is 0 Å². The SMILES string of the molecule is CCOc1ccc(NC(=NC)NCCc2cccc(OC)c2)cc1OC. The van der Waals surface area contributed by atoms with Crippen molar-refractivity contribution in [2.24, 2.45) is 4.99 Å². The van der Waals surface area contributed by atoms with Crippen molar-refractivity contribution in [2.45, 2.75) is 13.3 Å². The second-order valence-corrected chi connectivity index (χ2v) is 5.52. The van der Waals surface area contributed by atoms with Crippen LogP contribution in [0.1, 0.15) is 12.5 Å². The van der Waals surface area contributed by atoms with E-state index in [1.807, 2.05) is 43.3 Å². The molecule has 0 fully saturated rings. The van der Waals surface area contributed by atoms with Crippen LogP contribution >= 0.6 is 0 Å². The molecule has 0 aliphatic carbocycles. The van der Waals surface area contributed by atoms with Crippen LogP contribution in [0, 0.1) is 0 Å². The minimum atomic E-state index is 0.594. The molecular formula is C20H27N3O3. The van der Waals surface area contributed by atoms with Gasteiger partial charge in [-0.15, -0.1) is 0 Å². The Hall–Kier alpha value is -2.89. The summed E-state index contributed by atoms with van der Waals surface area (Å²) >= 11 is 0. The van der Waals surface area contributed by atoms with Gasteiger partial charge in [0.05, 0.1) is 20.8 Å². The molecule has 0 radical (unpaired) electrons. The van der Waals surface area contributed by atoms with Crippen LogP contribution in [0.5, 0.6) is 17.2 Å². The molecule has 2 rings (SSSR count). The van der Waals surface area contributed by atoms with Gasteiger partial charge in [-0.25, -0.2) is 0 Å². The average Bonchev–Trinajstić information content (AvgIpc) is 2.68. The van der Waals surface area contributed by atoms with E-state index in [2.05, 4.69) is 21.7 Å². The summed E-state index contributed by atoms with van der Waals surface area (Å²) < 4.78 is 16.2. The molecule has 0 amide bonds. The Morgan fingerprint density at radius 3 is 2.58 bits per heavy atom. The van der Waals surface area contributed by atoms with Crippen molar-refractivity contribution in [1.29, 1.82) is 0 Å². The first kappa shape index (κ1) is 19.4. The fourth-order valence-corrected chi connectivity index (χ4v) is 2.49. The summed E-state index contributed by atoms with van der Waals surface area (Å²) in [7, 11) is 5.05. The maximum atomic E-state index is 5.54. The zero-order valence-electron chi connectivity index (χ0n) is 15.8. The van der Waals surface area contributed by atoms with Crippen molar-refractivity contribution < 1.29 is 14.2 Å². The van der Waals surface area contributed by atoms with Crippen LogP contribution in [-0.4, -0.2) is 40.4 Å². The summed E-state index contributed by atoms with van der Waals surface area (Å²) in [4.78, 5) is 4.26. The highest BCUT2D eigenvalue weighted by Gasteiger charge is 2.07.